The summed E-state index contributed by atoms with van der Waals surface area (Å²) in [4.78, 5) is 0. The largest absolute Gasteiger partial charge is 0.393 e. The van der Waals surface area contributed by atoms with Crippen molar-refractivity contribution < 1.29 is 5.11 Å². The van der Waals surface area contributed by atoms with E-state index in [4.69, 9.17) is 0 Å². The standard InChI is InChI=1S/C17H30O/c1-4-12(2)5-15(18)17-9-13-6-14(10-17)8-16(3,7-13)11-17/h12-15,18H,4-11H2,1-3H3. The lowest BCUT2D eigenvalue weighted by Crippen LogP contribution is -2.55. The molecule has 1 heteroatoms. The van der Waals surface area contributed by atoms with Crippen LogP contribution in [0.5, 0.6) is 0 Å². The van der Waals surface area contributed by atoms with Crippen molar-refractivity contribution >= 4 is 0 Å². The monoisotopic (exact) mass is 250 g/mol. The van der Waals surface area contributed by atoms with Gasteiger partial charge in [-0.05, 0) is 73.5 Å². The molecule has 1 N–H and O–H groups in total. The molecule has 0 aromatic heterocycles. The molecule has 4 atom stereocenters. The first-order chi connectivity index (χ1) is 8.45. The zero-order valence-electron chi connectivity index (χ0n) is 12.4. The molecule has 0 aromatic carbocycles. The molecule has 1 nitrogen and oxygen atoms in total. The van der Waals surface area contributed by atoms with Gasteiger partial charge in [0.1, 0.15) is 0 Å². The lowest BCUT2D eigenvalue weighted by Gasteiger charge is -2.63. The van der Waals surface area contributed by atoms with E-state index in [1.807, 2.05) is 0 Å². The molecular weight excluding hydrogens is 220 g/mol. The first kappa shape index (κ1) is 13.0. The Kier molecular flexibility index (Phi) is 3.05. The maximum Gasteiger partial charge on any atom is 0.0599 e. The van der Waals surface area contributed by atoms with Crippen molar-refractivity contribution in [3.63, 3.8) is 0 Å². The van der Waals surface area contributed by atoms with E-state index in [-0.39, 0.29) is 6.10 Å². The van der Waals surface area contributed by atoms with Crippen LogP contribution in [0.1, 0.15) is 72.1 Å². The van der Waals surface area contributed by atoms with Crippen LogP contribution in [0, 0.1) is 28.6 Å². The Morgan fingerprint density at radius 1 is 1.17 bits per heavy atom. The van der Waals surface area contributed by atoms with Crippen LogP contribution >= 0.6 is 0 Å². The molecule has 4 unspecified atom stereocenters. The van der Waals surface area contributed by atoms with Gasteiger partial charge in [-0.2, -0.15) is 0 Å². The van der Waals surface area contributed by atoms with E-state index in [1.54, 1.807) is 0 Å². The van der Waals surface area contributed by atoms with Gasteiger partial charge in [0.15, 0.2) is 0 Å². The van der Waals surface area contributed by atoms with Crippen molar-refractivity contribution in [2.24, 2.45) is 28.6 Å². The van der Waals surface area contributed by atoms with Crippen LogP contribution in [0.15, 0.2) is 0 Å². The van der Waals surface area contributed by atoms with E-state index in [1.165, 1.54) is 44.9 Å². The molecular formula is C17H30O. The maximum absolute atomic E-state index is 10.8. The highest BCUT2D eigenvalue weighted by atomic mass is 16.3. The van der Waals surface area contributed by atoms with E-state index < -0.39 is 0 Å². The molecule has 104 valence electrons. The van der Waals surface area contributed by atoms with Gasteiger partial charge < -0.3 is 5.11 Å². The van der Waals surface area contributed by atoms with Crippen LogP contribution in [0.25, 0.3) is 0 Å². The quantitative estimate of drug-likeness (QED) is 0.784. The Morgan fingerprint density at radius 3 is 2.28 bits per heavy atom. The first-order valence-electron chi connectivity index (χ1n) is 8.13. The summed E-state index contributed by atoms with van der Waals surface area (Å²) in [6.45, 7) is 7.04. The topological polar surface area (TPSA) is 20.2 Å². The number of rotatable bonds is 4. The number of hydrogen-bond donors (Lipinski definition) is 1. The van der Waals surface area contributed by atoms with Gasteiger partial charge in [-0.1, -0.05) is 27.2 Å². The molecule has 0 heterocycles. The summed E-state index contributed by atoms with van der Waals surface area (Å²) in [6, 6.07) is 0. The maximum atomic E-state index is 10.8. The van der Waals surface area contributed by atoms with Crippen LogP contribution < -0.4 is 0 Å². The SMILES string of the molecule is CCC(C)CC(O)C12CC3CC(CC(C)(C3)C1)C2. The summed E-state index contributed by atoms with van der Waals surface area (Å²) in [5.74, 6) is 2.55. The highest BCUT2D eigenvalue weighted by Crippen LogP contribution is 2.66. The van der Waals surface area contributed by atoms with Gasteiger partial charge in [0, 0.05) is 0 Å². The second-order valence-electron chi connectivity index (χ2n) is 8.40. The minimum Gasteiger partial charge on any atom is -0.393 e. The smallest absolute Gasteiger partial charge is 0.0599 e. The molecule has 18 heavy (non-hydrogen) atoms. The van der Waals surface area contributed by atoms with Crippen molar-refractivity contribution in [1.82, 2.24) is 0 Å². The Morgan fingerprint density at radius 2 is 1.78 bits per heavy atom. The second-order valence-corrected chi connectivity index (χ2v) is 8.40. The minimum atomic E-state index is -0.0299. The Labute approximate surface area is 112 Å². The summed E-state index contributed by atoms with van der Waals surface area (Å²) >= 11 is 0. The van der Waals surface area contributed by atoms with Crippen molar-refractivity contribution in [3.8, 4) is 0 Å². The Hall–Kier alpha value is -0.0400. The summed E-state index contributed by atoms with van der Waals surface area (Å²) in [5, 5.41) is 10.8. The van der Waals surface area contributed by atoms with E-state index >= 15 is 0 Å². The fourth-order valence-electron chi connectivity index (χ4n) is 5.99. The molecule has 4 rings (SSSR count). The van der Waals surface area contributed by atoms with Crippen molar-refractivity contribution in [2.45, 2.75) is 78.2 Å². The zero-order valence-corrected chi connectivity index (χ0v) is 12.4. The van der Waals surface area contributed by atoms with Crippen LogP contribution in [0.2, 0.25) is 0 Å². The van der Waals surface area contributed by atoms with E-state index in [2.05, 4.69) is 20.8 Å². The van der Waals surface area contributed by atoms with E-state index in [0.717, 1.165) is 18.3 Å². The molecule has 4 aliphatic rings. The van der Waals surface area contributed by atoms with E-state index in [9.17, 15) is 5.11 Å². The van der Waals surface area contributed by atoms with Gasteiger partial charge in [-0.3, -0.25) is 0 Å². The van der Waals surface area contributed by atoms with Gasteiger partial charge >= 0.3 is 0 Å². The second kappa shape index (κ2) is 4.23. The van der Waals surface area contributed by atoms with Crippen molar-refractivity contribution in [3.05, 3.63) is 0 Å². The van der Waals surface area contributed by atoms with Gasteiger partial charge in [0.2, 0.25) is 0 Å². The average molecular weight is 250 g/mol. The number of aliphatic hydroxyl groups excluding tert-OH is 1. The number of aliphatic hydroxyl groups is 1. The molecule has 4 fully saturated rings. The molecule has 0 aromatic rings. The molecule has 4 aliphatic carbocycles. The van der Waals surface area contributed by atoms with Crippen LogP contribution in [-0.4, -0.2) is 11.2 Å². The third-order valence-electron chi connectivity index (χ3n) is 6.43. The summed E-state index contributed by atoms with van der Waals surface area (Å²) < 4.78 is 0. The highest BCUT2D eigenvalue weighted by molar-refractivity contribution is 5.08. The van der Waals surface area contributed by atoms with Crippen LogP contribution in [0.3, 0.4) is 0 Å². The van der Waals surface area contributed by atoms with Crippen molar-refractivity contribution in [2.75, 3.05) is 0 Å². The molecule has 0 aliphatic heterocycles. The Bertz CT molecular complexity index is 308. The summed E-state index contributed by atoms with van der Waals surface area (Å²) in [6.07, 6.45) is 10.5. The highest BCUT2D eigenvalue weighted by Gasteiger charge is 2.58. The zero-order chi connectivity index (χ0) is 13.0. The van der Waals surface area contributed by atoms with E-state index in [0.29, 0.717) is 16.7 Å². The molecule has 0 amide bonds. The normalized spacial score (nSPS) is 49.3. The fraction of sp³-hybridized carbons (Fsp3) is 1.00. The van der Waals surface area contributed by atoms with Gasteiger partial charge in [0.05, 0.1) is 6.10 Å². The predicted octanol–water partition coefficient (Wildman–Crippen LogP) is 4.39. The lowest BCUT2D eigenvalue weighted by atomic mass is 9.43. The summed E-state index contributed by atoms with van der Waals surface area (Å²) in [7, 11) is 0. The average Bonchev–Trinajstić information content (AvgIpc) is 2.25. The van der Waals surface area contributed by atoms with Crippen LogP contribution in [0.4, 0.5) is 0 Å². The molecule has 0 radical (unpaired) electrons. The van der Waals surface area contributed by atoms with Crippen LogP contribution in [-0.2, 0) is 0 Å². The third kappa shape index (κ3) is 2.03. The summed E-state index contributed by atoms with van der Waals surface area (Å²) in [5.41, 5.74) is 0.878. The van der Waals surface area contributed by atoms with Gasteiger partial charge in [-0.15, -0.1) is 0 Å². The van der Waals surface area contributed by atoms with Gasteiger partial charge in [0.25, 0.3) is 0 Å². The van der Waals surface area contributed by atoms with Crippen molar-refractivity contribution in [1.29, 1.82) is 0 Å². The predicted molar refractivity (Wildman–Crippen MR) is 75.3 cm³/mol. The minimum absolute atomic E-state index is 0.0299. The molecule has 4 bridgehead atoms. The third-order valence-corrected chi connectivity index (χ3v) is 6.43. The number of hydrogen-bond acceptors (Lipinski definition) is 1. The molecule has 4 saturated carbocycles. The molecule has 0 spiro atoms. The Balaban J connectivity index is 1.78. The first-order valence-corrected chi connectivity index (χ1v) is 8.13. The fourth-order valence-corrected chi connectivity index (χ4v) is 5.99. The molecule has 0 saturated heterocycles. The lowest BCUT2D eigenvalue weighted by molar-refractivity contribution is -0.157. The van der Waals surface area contributed by atoms with Gasteiger partial charge in [-0.25, -0.2) is 0 Å².